The Kier molecular flexibility index (Phi) is 5.00. The van der Waals surface area contributed by atoms with Crippen LogP contribution in [0, 0.1) is 0 Å². The zero-order valence-electron chi connectivity index (χ0n) is 10.7. The van der Waals surface area contributed by atoms with Gasteiger partial charge in [0.25, 0.3) is 5.91 Å². The predicted octanol–water partition coefficient (Wildman–Crippen LogP) is 2.00. The molecular formula is C12H15N3O2S2. The van der Waals surface area contributed by atoms with Crippen LogP contribution in [-0.2, 0) is 4.74 Å². The highest BCUT2D eigenvalue weighted by molar-refractivity contribution is 8.02. The Balaban J connectivity index is 1.81. The molecule has 0 saturated carbocycles. The fraction of sp³-hybridized carbons (Fsp3) is 0.333. The second kappa shape index (κ2) is 6.74. The molecule has 0 spiro atoms. The number of rotatable bonds is 5. The summed E-state index contributed by atoms with van der Waals surface area (Å²) in [6, 6.07) is 3.62. The zero-order valence-corrected chi connectivity index (χ0v) is 12.3. The number of amides is 1. The summed E-state index contributed by atoms with van der Waals surface area (Å²) in [5.74, 6) is 0.681. The van der Waals surface area contributed by atoms with Crippen LogP contribution in [0.1, 0.15) is 16.6 Å². The van der Waals surface area contributed by atoms with Gasteiger partial charge in [0.1, 0.15) is 12.6 Å². The standard InChI is InChI=1S/C12H15N3O2S2/c1-8-14-10(6-11(15-8)18-2)17-7-13-12(16)9-4-3-5-19-9/h3-6,10H,7H2,1-2H3,(H,13,16)(H,14,15)/t10-/m0/s1. The first-order valence-electron chi connectivity index (χ1n) is 5.69. The number of thioether (sulfide) groups is 1. The molecular weight excluding hydrogens is 282 g/mol. The third-order valence-corrected chi connectivity index (χ3v) is 3.92. The third kappa shape index (κ3) is 4.09. The number of amidine groups is 1. The molecule has 1 amide bonds. The molecule has 5 nitrogen and oxygen atoms in total. The van der Waals surface area contributed by atoms with Gasteiger partial charge in [-0.2, -0.15) is 0 Å². The van der Waals surface area contributed by atoms with Crippen molar-refractivity contribution in [3.05, 3.63) is 33.5 Å². The molecule has 0 radical (unpaired) electrons. The highest BCUT2D eigenvalue weighted by Crippen LogP contribution is 2.14. The number of thiophene rings is 1. The van der Waals surface area contributed by atoms with Gasteiger partial charge in [0, 0.05) is 0 Å². The molecule has 0 saturated heterocycles. The topological polar surface area (TPSA) is 62.7 Å². The second-order valence-electron chi connectivity index (χ2n) is 3.76. The van der Waals surface area contributed by atoms with Gasteiger partial charge in [-0.15, -0.1) is 23.1 Å². The highest BCUT2D eigenvalue weighted by Gasteiger charge is 2.13. The fourth-order valence-corrected chi connectivity index (χ4v) is 2.64. The van der Waals surface area contributed by atoms with Gasteiger partial charge in [0.2, 0.25) is 0 Å². The molecule has 1 aliphatic heterocycles. The maximum absolute atomic E-state index is 11.7. The van der Waals surface area contributed by atoms with Crippen LogP contribution < -0.4 is 10.6 Å². The van der Waals surface area contributed by atoms with Crippen LogP contribution in [0.4, 0.5) is 0 Å². The summed E-state index contributed by atoms with van der Waals surface area (Å²) in [4.78, 5) is 16.6. The smallest absolute Gasteiger partial charge is 0.263 e. The number of carbonyl (C=O) groups excluding carboxylic acids is 1. The first-order chi connectivity index (χ1) is 9.19. The van der Waals surface area contributed by atoms with Gasteiger partial charge in [-0.3, -0.25) is 4.79 Å². The molecule has 0 fully saturated rings. The molecule has 0 bridgehead atoms. The molecule has 102 valence electrons. The Bertz CT molecular complexity index is 497. The van der Waals surface area contributed by atoms with E-state index in [1.165, 1.54) is 11.3 Å². The number of nitrogens with zero attached hydrogens (tertiary/aromatic N) is 1. The van der Waals surface area contributed by atoms with Crippen molar-refractivity contribution in [3.63, 3.8) is 0 Å². The Labute approximate surface area is 120 Å². The highest BCUT2D eigenvalue weighted by atomic mass is 32.2. The Hall–Kier alpha value is -1.31. The van der Waals surface area contributed by atoms with Gasteiger partial charge in [0.15, 0.2) is 6.23 Å². The Morgan fingerprint density at radius 1 is 1.68 bits per heavy atom. The van der Waals surface area contributed by atoms with Gasteiger partial charge in [0.05, 0.1) is 9.91 Å². The molecule has 2 rings (SSSR count). The van der Waals surface area contributed by atoms with Crippen molar-refractivity contribution in [2.75, 3.05) is 13.0 Å². The van der Waals surface area contributed by atoms with Crippen LogP contribution in [0.2, 0.25) is 0 Å². The van der Waals surface area contributed by atoms with E-state index in [1.807, 2.05) is 30.7 Å². The summed E-state index contributed by atoms with van der Waals surface area (Å²) in [6.07, 6.45) is 3.51. The first kappa shape index (κ1) is 14.1. The molecule has 0 unspecified atom stereocenters. The molecule has 0 aliphatic carbocycles. The lowest BCUT2D eigenvalue weighted by atomic mass is 10.4. The molecule has 7 heteroatoms. The van der Waals surface area contributed by atoms with E-state index in [0.29, 0.717) is 4.88 Å². The molecule has 2 heterocycles. The van der Waals surface area contributed by atoms with E-state index in [0.717, 1.165) is 10.9 Å². The molecule has 1 atom stereocenters. The van der Waals surface area contributed by atoms with Crippen LogP contribution in [0.15, 0.2) is 33.6 Å². The van der Waals surface area contributed by atoms with Gasteiger partial charge < -0.3 is 15.4 Å². The van der Waals surface area contributed by atoms with E-state index in [-0.39, 0.29) is 18.9 Å². The van der Waals surface area contributed by atoms with Crippen molar-refractivity contribution >= 4 is 34.8 Å². The number of hydrogen-bond acceptors (Lipinski definition) is 6. The van der Waals surface area contributed by atoms with Gasteiger partial charge >= 0.3 is 0 Å². The van der Waals surface area contributed by atoms with Crippen LogP contribution in [-0.4, -0.2) is 31.0 Å². The lowest BCUT2D eigenvalue weighted by Crippen LogP contribution is -2.31. The van der Waals surface area contributed by atoms with E-state index in [1.54, 1.807) is 17.8 Å². The fourth-order valence-electron chi connectivity index (χ4n) is 1.50. The summed E-state index contributed by atoms with van der Waals surface area (Å²) in [7, 11) is 0. The van der Waals surface area contributed by atoms with E-state index in [4.69, 9.17) is 4.74 Å². The van der Waals surface area contributed by atoms with E-state index >= 15 is 0 Å². The van der Waals surface area contributed by atoms with Crippen molar-refractivity contribution in [2.45, 2.75) is 13.2 Å². The van der Waals surface area contributed by atoms with Crippen molar-refractivity contribution in [3.8, 4) is 0 Å². The quantitative estimate of drug-likeness (QED) is 0.816. The Morgan fingerprint density at radius 2 is 2.53 bits per heavy atom. The number of aliphatic imine (C=N–C) groups is 1. The number of hydrogen-bond donors (Lipinski definition) is 2. The summed E-state index contributed by atoms with van der Waals surface area (Å²) in [5.41, 5.74) is 0. The summed E-state index contributed by atoms with van der Waals surface area (Å²) < 4.78 is 5.51. The number of nitrogens with one attached hydrogen (secondary N) is 2. The molecule has 1 aliphatic rings. The van der Waals surface area contributed by atoms with Crippen molar-refractivity contribution in [1.82, 2.24) is 10.6 Å². The lowest BCUT2D eigenvalue weighted by Gasteiger charge is -2.19. The van der Waals surface area contributed by atoms with E-state index < -0.39 is 0 Å². The van der Waals surface area contributed by atoms with Gasteiger partial charge in [-0.1, -0.05) is 6.07 Å². The van der Waals surface area contributed by atoms with E-state index in [9.17, 15) is 4.79 Å². The second-order valence-corrected chi connectivity index (χ2v) is 5.56. The maximum atomic E-state index is 11.7. The summed E-state index contributed by atoms with van der Waals surface area (Å²) >= 11 is 3.00. The predicted molar refractivity (Wildman–Crippen MR) is 79.4 cm³/mol. The average Bonchev–Trinajstić information content (AvgIpc) is 2.92. The minimum Gasteiger partial charge on any atom is -0.339 e. The minimum atomic E-state index is -0.354. The SMILES string of the molecule is CSC1=C[C@H](OCNC(=O)c2cccs2)N=C(C)N1. The maximum Gasteiger partial charge on any atom is 0.263 e. The van der Waals surface area contributed by atoms with Crippen LogP contribution in [0.25, 0.3) is 0 Å². The molecule has 0 aromatic carbocycles. The van der Waals surface area contributed by atoms with Gasteiger partial charge in [-0.25, -0.2) is 4.99 Å². The van der Waals surface area contributed by atoms with E-state index in [2.05, 4.69) is 15.6 Å². The lowest BCUT2D eigenvalue weighted by molar-refractivity contribution is 0.0627. The summed E-state index contributed by atoms with van der Waals surface area (Å²) in [6.45, 7) is 2.01. The first-order valence-corrected chi connectivity index (χ1v) is 7.80. The van der Waals surface area contributed by atoms with Crippen molar-refractivity contribution in [1.29, 1.82) is 0 Å². The Morgan fingerprint density at radius 3 is 3.21 bits per heavy atom. The number of carbonyl (C=O) groups is 1. The molecule has 1 aromatic rings. The van der Waals surface area contributed by atoms with Crippen LogP contribution in [0.3, 0.4) is 0 Å². The van der Waals surface area contributed by atoms with Crippen molar-refractivity contribution < 1.29 is 9.53 Å². The molecule has 2 N–H and O–H groups in total. The zero-order chi connectivity index (χ0) is 13.7. The minimum absolute atomic E-state index is 0.126. The normalized spacial score (nSPS) is 18.3. The summed E-state index contributed by atoms with van der Waals surface area (Å²) in [5, 5.41) is 8.70. The molecule has 1 aromatic heterocycles. The third-order valence-electron chi connectivity index (χ3n) is 2.37. The average molecular weight is 297 g/mol. The monoisotopic (exact) mass is 297 g/mol. The molecule has 19 heavy (non-hydrogen) atoms. The van der Waals surface area contributed by atoms with Crippen LogP contribution >= 0.6 is 23.1 Å². The van der Waals surface area contributed by atoms with Crippen LogP contribution in [0.5, 0.6) is 0 Å². The number of ether oxygens (including phenoxy) is 1. The van der Waals surface area contributed by atoms with Crippen molar-refractivity contribution in [2.24, 2.45) is 4.99 Å². The largest absolute Gasteiger partial charge is 0.339 e. The van der Waals surface area contributed by atoms with Gasteiger partial charge in [-0.05, 0) is 30.7 Å².